The zero-order valence-electron chi connectivity index (χ0n) is 6.45. The first-order valence-corrected chi connectivity index (χ1v) is 4.68. The number of aryl methyl sites for hydroxylation is 1. The molecule has 0 radical (unpaired) electrons. The summed E-state index contributed by atoms with van der Waals surface area (Å²) in [6.45, 7) is 3.26. The Labute approximate surface area is 69.5 Å². The lowest BCUT2D eigenvalue weighted by Gasteiger charge is -1.97. The van der Waals surface area contributed by atoms with Gasteiger partial charge in [-0.1, -0.05) is 6.92 Å². The summed E-state index contributed by atoms with van der Waals surface area (Å²) in [5.41, 5.74) is 3.04. The highest BCUT2D eigenvalue weighted by atomic mass is 32.1. The Morgan fingerprint density at radius 2 is 2.55 bits per heavy atom. The third-order valence-electron chi connectivity index (χ3n) is 1.72. The molecule has 0 bridgehead atoms. The monoisotopic (exact) mass is 166 g/mol. The lowest BCUT2D eigenvalue weighted by Crippen LogP contribution is -1.93. The van der Waals surface area contributed by atoms with Crippen molar-refractivity contribution in [1.82, 2.24) is 9.55 Å². The van der Waals surface area contributed by atoms with E-state index in [4.69, 9.17) is 0 Å². The third kappa shape index (κ3) is 1.05. The van der Waals surface area contributed by atoms with E-state index in [1.54, 1.807) is 11.3 Å². The molecule has 0 saturated carbocycles. The second-order valence-corrected chi connectivity index (χ2v) is 3.44. The Morgan fingerprint density at radius 1 is 1.64 bits per heavy atom. The highest BCUT2D eigenvalue weighted by Gasteiger charge is 2.00. The maximum absolute atomic E-state index is 4.28. The SMILES string of the molecule is CCCn1ccc2scnc21. The highest BCUT2D eigenvalue weighted by molar-refractivity contribution is 7.16. The molecular formula is C8H10N2S. The van der Waals surface area contributed by atoms with E-state index in [0.29, 0.717) is 0 Å². The molecule has 2 heterocycles. The highest BCUT2D eigenvalue weighted by Crippen LogP contribution is 2.18. The minimum Gasteiger partial charge on any atom is -0.332 e. The second kappa shape index (κ2) is 2.66. The molecule has 2 aromatic rings. The molecule has 0 atom stereocenters. The van der Waals surface area contributed by atoms with Gasteiger partial charge in [-0.25, -0.2) is 4.98 Å². The number of thiazole rings is 1. The van der Waals surface area contributed by atoms with Crippen molar-refractivity contribution >= 4 is 21.7 Å². The van der Waals surface area contributed by atoms with Gasteiger partial charge in [0.15, 0.2) is 5.65 Å². The lowest BCUT2D eigenvalue weighted by molar-refractivity contribution is 0.698. The molecule has 11 heavy (non-hydrogen) atoms. The van der Waals surface area contributed by atoms with Gasteiger partial charge in [-0.05, 0) is 12.5 Å². The zero-order valence-corrected chi connectivity index (χ0v) is 7.27. The van der Waals surface area contributed by atoms with Crippen molar-refractivity contribution in [3.63, 3.8) is 0 Å². The number of hydrogen-bond acceptors (Lipinski definition) is 2. The van der Waals surface area contributed by atoms with Gasteiger partial charge in [-0.3, -0.25) is 0 Å². The maximum atomic E-state index is 4.28. The summed E-state index contributed by atoms with van der Waals surface area (Å²) in [4.78, 5) is 4.28. The Kier molecular flexibility index (Phi) is 1.66. The van der Waals surface area contributed by atoms with Gasteiger partial charge in [-0.2, -0.15) is 0 Å². The van der Waals surface area contributed by atoms with Crippen LogP contribution in [0.1, 0.15) is 13.3 Å². The van der Waals surface area contributed by atoms with E-state index in [-0.39, 0.29) is 0 Å². The van der Waals surface area contributed by atoms with Crippen LogP contribution in [0.4, 0.5) is 0 Å². The molecule has 0 aromatic carbocycles. The van der Waals surface area contributed by atoms with E-state index in [1.165, 1.54) is 11.1 Å². The quantitative estimate of drug-likeness (QED) is 0.670. The van der Waals surface area contributed by atoms with Gasteiger partial charge in [0.05, 0.1) is 10.2 Å². The minimum absolute atomic E-state index is 1.08. The van der Waals surface area contributed by atoms with E-state index >= 15 is 0 Å². The Hall–Kier alpha value is -0.830. The molecule has 0 amide bonds. The molecule has 58 valence electrons. The summed E-state index contributed by atoms with van der Waals surface area (Å²) < 4.78 is 3.49. The molecule has 0 N–H and O–H groups in total. The number of nitrogens with zero attached hydrogens (tertiary/aromatic N) is 2. The van der Waals surface area contributed by atoms with Crippen molar-refractivity contribution in [3.8, 4) is 0 Å². The van der Waals surface area contributed by atoms with Gasteiger partial charge in [0.1, 0.15) is 0 Å². The molecule has 0 aliphatic heterocycles. The molecule has 0 saturated heterocycles. The van der Waals surface area contributed by atoms with Gasteiger partial charge in [-0.15, -0.1) is 11.3 Å². The normalized spacial score (nSPS) is 11.0. The van der Waals surface area contributed by atoms with Crippen LogP contribution in [0.3, 0.4) is 0 Å². The molecule has 0 aliphatic carbocycles. The van der Waals surface area contributed by atoms with Crippen molar-refractivity contribution in [1.29, 1.82) is 0 Å². The first kappa shape index (κ1) is 6.85. The zero-order chi connectivity index (χ0) is 7.68. The smallest absolute Gasteiger partial charge is 0.150 e. The number of fused-ring (bicyclic) bond motifs is 1. The molecular weight excluding hydrogens is 156 g/mol. The largest absolute Gasteiger partial charge is 0.332 e. The first-order chi connectivity index (χ1) is 5.42. The molecule has 0 aliphatic rings. The van der Waals surface area contributed by atoms with Crippen LogP contribution < -0.4 is 0 Å². The van der Waals surface area contributed by atoms with E-state index in [1.807, 2.05) is 5.51 Å². The van der Waals surface area contributed by atoms with Gasteiger partial charge in [0.25, 0.3) is 0 Å². The molecule has 2 nitrogen and oxygen atoms in total. The predicted molar refractivity (Wildman–Crippen MR) is 47.9 cm³/mol. The molecule has 2 rings (SSSR count). The van der Waals surface area contributed by atoms with Gasteiger partial charge < -0.3 is 4.57 Å². The minimum atomic E-state index is 1.08. The van der Waals surface area contributed by atoms with Crippen LogP contribution in [-0.2, 0) is 6.54 Å². The van der Waals surface area contributed by atoms with Gasteiger partial charge in [0.2, 0.25) is 0 Å². The van der Waals surface area contributed by atoms with Crippen LogP contribution in [-0.4, -0.2) is 9.55 Å². The summed E-state index contributed by atoms with van der Waals surface area (Å²) in [6.07, 6.45) is 3.28. The Balaban J connectivity index is 2.51. The second-order valence-electron chi connectivity index (χ2n) is 2.55. The molecule has 0 spiro atoms. The summed E-state index contributed by atoms with van der Waals surface area (Å²) in [5, 5.41) is 0. The van der Waals surface area contributed by atoms with Crippen LogP contribution >= 0.6 is 11.3 Å². The van der Waals surface area contributed by atoms with Crippen molar-refractivity contribution in [2.75, 3.05) is 0 Å². The molecule has 0 unspecified atom stereocenters. The fraction of sp³-hybridized carbons (Fsp3) is 0.375. The first-order valence-electron chi connectivity index (χ1n) is 3.80. The van der Waals surface area contributed by atoms with E-state index < -0.39 is 0 Å². The molecule has 0 fully saturated rings. The lowest BCUT2D eigenvalue weighted by atomic mass is 10.5. The van der Waals surface area contributed by atoms with Crippen molar-refractivity contribution in [3.05, 3.63) is 17.8 Å². The summed E-state index contributed by atoms with van der Waals surface area (Å²) in [5.74, 6) is 0. The average Bonchev–Trinajstić information content (AvgIpc) is 2.53. The van der Waals surface area contributed by atoms with Gasteiger partial charge in [0, 0.05) is 12.7 Å². The van der Waals surface area contributed by atoms with E-state index in [9.17, 15) is 0 Å². The van der Waals surface area contributed by atoms with Gasteiger partial charge >= 0.3 is 0 Å². The predicted octanol–water partition coefficient (Wildman–Crippen LogP) is 2.51. The summed E-state index contributed by atoms with van der Waals surface area (Å²) in [6, 6.07) is 2.13. The van der Waals surface area contributed by atoms with Crippen LogP contribution in [0.15, 0.2) is 17.8 Å². The molecule has 2 aromatic heterocycles. The summed E-state index contributed by atoms with van der Waals surface area (Å²) in [7, 11) is 0. The van der Waals surface area contributed by atoms with Crippen molar-refractivity contribution in [2.24, 2.45) is 0 Å². The van der Waals surface area contributed by atoms with E-state index in [2.05, 4.69) is 28.7 Å². The van der Waals surface area contributed by atoms with Crippen molar-refractivity contribution < 1.29 is 0 Å². The number of aromatic nitrogens is 2. The molecule has 3 heteroatoms. The van der Waals surface area contributed by atoms with Crippen LogP contribution in [0.5, 0.6) is 0 Å². The fourth-order valence-corrected chi connectivity index (χ4v) is 1.91. The van der Waals surface area contributed by atoms with E-state index in [0.717, 1.165) is 12.2 Å². The average molecular weight is 166 g/mol. The van der Waals surface area contributed by atoms with Crippen molar-refractivity contribution in [2.45, 2.75) is 19.9 Å². The summed E-state index contributed by atoms with van der Waals surface area (Å²) >= 11 is 1.70. The number of hydrogen-bond donors (Lipinski definition) is 0. The Bertz CT molecular complexity index is 347. The standard InChI is InChI=1S/C8H10N2S/c1-2-4-10-5-3-7-8(10)9-6-11-7/h3,5-6H,2,4H2,1H3. The number of rotatable bonds is 2. The fourth-order valence-electron chi connectivity index (χ4n) is 1.23. The van der Waals surface area contributed by atoms with Crippen LogP contribution in [0.25, 0.3) is 10.3 Å². The van der Waals surface area contributed by atoms with Crippen LogP contribution in [0.2, 0.25) is 0 Å². The maximum Gasteiger partial charge on any atom is 0.150 e. The topological polar surface area (TPSA) is 17.8 Å². The Morgan fingerprint density at radius 3 is 3.36 bits per heavy atom. The third-order valence-corrected chi connectivity index (χ3v) is 2.50. The van der Waals surface area contributed by atoms with Crippen LogP contribution in [0, 0.1) is 0 Å².